The van der Waals surface area contributed by atoms with Crippen molar-refractivity contribution in [1.82, 2.24) is 5.32 Å². The molecule has 2 heteroatoms. The Kier molecular flexibility index (Phi) is 5.17. The van der Waals surface area contributed by atoms with Crippen LogP contribution in [0.5, 0.6) is 0 Å². The number of hydrogen-bond donors (Lipinski definition) is 1. The van der Waals surface area contributed by atoms with Gasteiger partial charge in [0.2, 0.25) is 0 Å². The van der Waals surface area contributed by atoms with Gasteiger partial charge in [-0.15, -0.1) is 0 Å². The molecule has 0 bridgehead atoms. The molecule has 0 radical (unpaired) electrons. The summed E-state index contributed by atoms with van der Waals surface area (Å²) in [6.07, 6.45) is 11.3. The maximum atomic E-state index is 3.76. The van der Waals surface area contributed by atoms with E-state index in [9.17, 15) is 0 Å². The van der Waals surface area contributed by atoms with Gasteiger partial charge in [0.25, 0.3) is 0 Å². The first kappa shape index (κ1) is 14.6. The zero-order valence-electron chi connectivity index (χ0n) is 12.3. The molecule has 1 aromatic carbocycles. The average Bonchev–Trinajstić information content (AvgIpc) is 3.15. The van der Waals surface area contributed by atoms with Gasteiger partial charge in [-0.25, -0.2) is 0 Å². The highest BCUT2D eigenvalue weighted by atomic mass is 79.9. The van der Waals surface area contributed by atoms with E-state index in [-0.39, 0.29) is 0 Å². The molecule has 1 aromatic rings. The van der Waals surface area contributed by atoms with Crippen molar-refractivity contribution < 1.29 is 0 Å². The van der Waals surface area contributed by atoms with Crippen LogP contribution >= 0.6 is 15.9 Å². The molecule has 0 amide bonds. The third kappa shape index (κ3) is 4.33. The lowest BCUT2D eigenvalue weighted by Crippen LogP contribution is -2.27. The number of rotatable bonds is 7. The van der Waals surface area contributed by atoms with E-state index in [1.807, 2.05) is 0 Å². The molecule has 0 spiro atoms. The Bertz CT molecular complexity index is 421. The van der Waals surface area contributed by atoms with Crippen molar-refractivity contribution in [2.45, 2.75) is 57.4 Å². The van der Waals surface area contributed by atoms with Crippen molar-refractivity contribution in [1.29, 1.82) is 0 Å². The van der Waals surface area contributed by atoms with Gasteiger partial charge in [0.15, 0.2) is 0 Å². The van der Waals surface area contributed by atoms with Crippen LogP contribution in [0, 0.1) is 11.8 Å². The van der Waals surface area contributed by atoms with Crippen molar-refractivity contribution in [3.05, 3.63) is 34.3 Å². The lowest BCUT2D eigenvalue weighted by molar-refractivity contribution is 0.356. The molecule has 2 aliphatic rings. The number of benzene rings is 1. The van der Waals surface area contributed by atoms with Crippen LogP contribution in [0.2, 0.25) is 0 Å². The highest BCUT2D eigenvalue weighted by Crippen LogP contribution is 2.32. The van der Waals surface area contributed by atoms with E-state index in [4.69, 9.17) is 0 Å². The summed E-state index contributed by atoms with van der Waals surface area (Å²) in [6.45, 7) is 1.21. The Morgan fingerprint density at radius 3 is 2.55 bits per heavy atom. The Hall–Kier alpha value is -0.340. The molecule has 0 aromatic heterocycles. The summed E-state index contributed by atoms with van der Waals surface area (Å²) >= 11 is 3.71. The molecule has 2 aliphatic carbocycles. The van der Waals surface area contributed by atoms with Gasteiger partial charge in [0, 0.05) is 10.5 Å². The second-order valence-corrected chi connectivity index (χ2v) is 7.58. The highest BCUT2D eigenvalue weighted by Gasteiger charge is 2.25. The molecule has 2 saturated carbocycles. The second kappa shape index (κ2) is 7.09. The van der Waals surface area contributed by atoms with Crippen molar-refractivity contribution >= 4 is 15.9 Å². The molecule has 20 heavy (non-hydrogen) atoms. The molecular weight excluding hydrogens is 310 g/mol. The van der Waals surface area contributed by atoms with Crippen LogP contribution < -0.4 is 5.32 Å². The fraction of sp³-hybridized carbons (Fsp3) is 0.667. The third-order valence-corrected chi connectivity index (χ3v) is 5.65. The summed E-state index contributed by atoms with van der Waals surface area (Å²) in [6, 6.07) is 9.57. The maximum Gasteiger partial charge on any atom is 0.0207 e. The average molecular weight is 336 g/mol. The molecule has 2 fully saturated rings. The summed E-state index contributed by atoms with van der Waals surface area (Å²) in [5.41, 5.74) is 1.48. The highest BCUT2D eigenvalue weighted by molar-refractivity contribution is 9.10. The predicted molar refractivity (Wildman–Crippen MR) is 88.9 cm³/mol. The molecule has 1 atom stereocenters. The summed E-state index contributed by atoms with van der Waals surface area (Å²) in [4.78, 5) is 0. The van der Waals surface area contributed by atoms with Crippen molar-refractivity contribution in [2.24, 2.45) is 11.8 Å². The largest absolute Gasteiger partial charge is 0.314 e. The second-order valence-electron chi connectivity index (χ2n) is 6.73. The van der Waals surface area contributed by atoms with E-state index in [0.717, 1.165) is 17.9 Å². The Balaban J connectivity index is 1.58. The minimum Gasteiger partial charge on any atom is -0.314 e. The first-order valence-electron chi connectivity index (χ1n) is 8.28. The minimum absolute atomic E-state index is 0.803. The summed E-state index contributed by atoms with van der Waals surface area (Å²) in [5, 5.41) is 3.76. The van der Waals surface area contributed by atoms with E-state index in [1.54, 1.807) is 0 Å². The quantitative estimate of drug-likeness (QED) is 0.744. The van der Waals surface area contributed by atoms with Crippen LogP contribution in [0.1, 0.15) is 50.5 Å². The van der Waals surface area contributed by atoms with Gasteiger partial charge < -0.3 is 5.32 Å². The van der Waals surface area contributed by atoms with Gasteiger partial charge in [-0.05, 0) is 55.7 Å². The van der Waals surface area contributed by atoms with Crippen molar-refractivity contribution in [3.8, 4) is 0 Å². The zero-order valence-corrected chi connectivity index (χ0v) is 13.9. The van der Waals surface area contributed by atoms with Crippen LogP contribution in [0.25, 0.3) is 0 Å². The summed E-state index contributed by atoms with van der Waals surface area (Å²) in [7, 11) is 0. The SMILES string of the molecule is Brc1ccccc1CC(CNC1CC1)CC1CCCC1. The van der Waals surface area contributed by atoms with Crippen LogP contribution in [0.3, 0.4) is 0 Å². The third-order valence-electron chi connectivity index (χ3n) is 4.88. The number of halogens is 1. The Labute approximate surface area is 131 Å². The van der Waals surface area contributed by atoms with E-state index in [0.29, 0.717) is 0 Å². The van der Waals surface area contributed by atoms with Crippen molar-refractivity contribution in [2.75, 3.05) is 6.54 Å². The monoisotopic (exact) mass is 335 g/mol. The number of nitrogens with one attached hydrogen (secondary N) is 1. The Morgan fingerprint density at radius 2 is 1.85 bits per heavy atom. The number of hydrogen-bond acceptors (Lipinski definition) is 1. The summed E-state index contributed by atoms with van der Waals surface area (Å²) in [5.74, 6) is 1.79. The molecule has 1 unspecified atom stereocenters. The first-order chi connectivity index (χ1) is 9.81. The normalized spacial score (nSPS) is 21.2. The van der Waals surface area contributed by atoms with Crippen LogP contribution in [0.15, 0.2) is 28.7 Å². The lowest BCUT2D eigenvalue weighted by Gasteiger charge is -2.22. The topological polar surface area (TPSA) is 12.0 Å². The van der Waals surface area contributed by atoms with E-state index >= 15 is 0 Å². The standard InChI is InChI=1S/C18H26BrN/c19-18-8-4-3-7-16(18)12-15(13-20-17-9-10-17)11-14-5-1-2-6-14/h3-4,7-8,14-15,17,20H,1-2,5-6,9-13H2. The molecule has 1 N–H and O–H groups in total. The van der Waals surface area contributed by atoms with Crippen molar-refractivity contribution in [3.63, 3.8) is 0 Å². The molecular formula is C18H26BrN. The predicted octanol–water partition coefficient (Wildman–Crippen LogP) is 4.94. The van der Waals surface area contributed by atoms with Gasteiger partial charge in [-0.1, -0.05) is 59.8 Å². The van der Waals surface area contributed by atoms with Gasteiger partial charge in [-0.2, -0.15) is 0 Å². The fourth-order valence-electron chi connectivity index (χ4n) is 3.55. The lowest BCUT2D eigenvalue weighted by atomic mass is 9.88. The molecule has 0 heterocycles. The molecule has 110 valence electrons. The first-order valence-corrected chi connectivity index (χ1v) is 9.07. The van der Waals surface area contributed by atoms with E-state index in [1.165, 1.54) is 67.9 Å². The fourth-order valence-corrected chi connectivity index (χ4v) is 4.00. The smallest absolute Gasteiger partial charge is 0.0207 e. The van der Waals surface area contributed by atoms with Gasteiger partial charge in [0.1, 0.15) is 0 Å². The van der Waals surface area contributed by atoms with Crippen LogP contribution in [-0.4, -0.2) is 12.6 Å². The Morgan fingerprint density at radius 1 is 1.10 bits per heavy atom. The van der Waals surface area contributed by atoms with Gasteiger partial charge in [-0.3, -0.25) is 0 Å². The molecule has 1 nitrogen and oxygen atoms in total. The van der Waals surface area contributed by atoms with Crippen LogP contribution in [0.4, 0.5) is 0 Å². The maximum absolute atomic E-state index is 3.76. The summed E-state index contributed by atoms with van der Waals surface area (Å²) < 4.78 is 1.28. The van der Waals surface area contributed by atoms with E-state index < -0.39 is 0 Å². The van der Waals surface area contributed by atoms with E-state index in [2.05, 4.69) is 45.5 Å². The van der Waals surface area contributed by atoms with Crippen LogP contribution in [-0.2, 0) is 6.42 Å². The molecule has 0 saturated heterocycles. The molecule has 0 aliphatic heterocycles. The zero-order chi connectivity index (χ0) is 13.8. The minimum atomic E-state index is 0.803. The van der Waals surface area contributed by atoms with Gasteiger partial charge in [0.05, 0.1) is 0 Å². The van der Waals surface area contributed by atoms with Gasteiger partial charge >= 0.3 is 0 Å². The molecule has 3 rings (SSSR count).